The van der Waals surface area contributed by atoms with Crippen molar-refractivity contribution < 1.29 is 18.8 Å². The van der Waals surface area contributed by atoms with Crippen LogP contribution in [0.5, 0.6) is 0 Å². The van der Waals surface area contributed by atoms with Crippen LogP contribution in [-0.4, -0.2) is 32.3 Å². The molecule has 156 valence electrons. The third kappa shape index (κ3) is 4.67. The molecule has 2 saturated carbocycles. The molecule has 0 aromatic heterocycles. The lowest BCUT2D eigenvalue weighted by Gasteiger charge is -2.42. The van der Waals surface area contributed by atoms with Crippen molar-refractivity contribution in [3.8, 4) is 0 Å². The van der Waals surface area contributed by atoms with E-state index in [2.05, 4.69) is 33.5 Å². The first kappa shape index (κ1) is 22.6. The highest BCUT2D eigenvalue weighted by atomic mass is 28.4. The van der Waals surface area contributed by atoms with E-state index in [4.69, 9.17) is 9.16 Å². The van der Waals surface area contributed by atoms with Gasteiger partial charge in [-0.15, -0.1) is 0 Å². The zero-order chi connectivity index (χ0) is 20.5. The Balaban J connectivity index is 2.02. The van der Waals surface area contributed by atoms with Crippen LogP contribution in [0.2, 0.25) is 19.6 Å². The number of hydrogen-bond donors (Lipinski definition) is 0. The Hall–Kier alpha value is -0.683. The van der Waals surface area contributed by atoms with Gasteiger partial charge in [-0.3, -0.25) is 4.79 Å². The van der Waals surface area contributed by atoms with Crippen LogP contribution in [-0.2, 0) is 18.8 Å². The van der Waals surface area contributed by atoms with Gasteiger partial charge in [-0.1, -0.05) is 27.7 Å². The van der Waals surface area contributed by atoms with E-state index in [0.29, 0.717) is 31.1 Å². The smallest absolute Gasteiger partial charge is 0.337 e. The SMILES string of the molecule is CCC(CC)(O[Si](C)(C)C)C(=O)OC[C@@H](C)[C@H]1CC[C@H]2C(=O)CCC[C@]12C. The van der Waals surface area contributed by atoms with Crippen LogP contribution in [0.15, 0.2) is 0 Å². The molecule has 4 atom stereocenters. The van der Waals surface area contributed by atoms with E-state index in [-0.39, 0.29) is 23.2 Å². The fraction of sp³-hybridized carbons (Fsp3) is 0.909. The second-order valence-corrected chi connectivity index (χ2v) is 14.5. The highest BCUT2D eigenvalue weighted by molar-refractivity contribution is 6.70. The molecule has 2 rings (SSSR count). The molecule has 2 aliphatic rings. The summed E-state index contributed by atoms with van der Waals surface area (Å²) in [4.78, 5) is 25.3. The molecule has 2 aliphatic carbocycles. The maximum atomic E-state index is 13.0. The minimum Gasteiger partial charge on any atom is -0.463 e. The van der Waals surface area contributed by atoms with Crippen LogP contribution >= 0.6 is 0 Å². The van der Waals surface area contributed by atoms with Crippen LogP contribution in [0, 0.1) is 23.2 Å². The van der Waals surface area contributed by atoms with Crippen LogP contribution < -0.4 is 0 Å². The van der Waals surface area contributed by atoms with E-state index in [1.165, 1.54) is 0 Å². The van der Waals surface area contributed by atoms with Crippen molar-refractivity contribution in [3.63, 3.8) is 0 Å². The lowest BCUT2D eigenvalue weighted by Crippen LogP contribution is -2.49. The number of ketones is 1. The van der Waals surface area contributed by atoms with Crippen molar-refractivity contribution >= 4 is 20.1 Å². The first-order valence-corrected chi connectivity index (χ1v) is 14.3. The molecule has 0 saturated heterocycles. The Morgan fingerprint density at radius 3 is 2.44 bits per heavy atom. The molecule has 0 bridgehead atoms. The summed E-state index contributed by atoms with van der Waals surface area (Å²) in [6.45, 7) is 15.3. The van der Waals surface area contributed by atoms with Crippen molar-refractivity contribution in [3.05, 3.63) is 0 Å². The molecule has 0 unspecified atom stereocenters. The second-order valence-electron chi connectivity index (χ2n) is 10.1. The molecule has 4 nitrogen and oxygen atoms in total. The summed E-state index contributed by atoms with van der Waals surface area (Å²) >= 11 is 0. The summed E-state index contributed by atoms with van der Waals surface area (Å²) in [5.41, 5.74) is -0.726. The summed E-state index contributed by atoms with van der Waals surface area (Å²) in [6.07, 6.45) is 6.23. The fourth-order valence-electron chi connectivity index (χ4n) is 5.67. The minimum atomic E-state index is -1.86. The first-order valence-electron chi connectivity index (χ1n) is 10.9. The van der Waals surface area contributed by atoms with Gasteiger partial charge in [-0.05, 0) is 75.4 Å². The predicted octanol–water partition coefficient (Wildman–Crippen LogP) is 5.36. The molecule has 27 heavy (non-hydrogen) atoms. The fourth-order valence-corrected chi connectivity index (χ4v) is 7.21. The third-order valence-electron chi connectivity index (χ3n) is 7.12. The summed E-state index contributed by atoms with van der Waals surface area (Å²) < 4.78 is 12.1. The van der Waals surface area contributed by atoms with Crippen molar-refractivity contribution in [1.29, 1.82) is 0 Å². The van der Waals surface area contributed by atoms with E-state index in [1.54, 1.807) is 0 Å². The van der Waals surface area contributed by atoms with Gasteiger partial charge >= 0.3 is 5.97 Å². The monoisotopic (exact) mass is 396 g/mol. The van der Waals surface area contributed by atoms with E-state index in [9.17, 15) is 9.59 Å². The number of Topliss-reactive ketones (excluding diaryl/α,β-unsaturated/α-hetero) is 1. The molecular formula is C22H40O4Si. The largest absolute Gasteiger partial charge is 0.463 e. The second kappa shape index (κ2) is 8.36. The summed E-state index contributed by atoms with van der Waals surface area (Å²) in [6, 6.07) is 0. The number of hydrogen-bond acceptors (Lipinski definition) is 4. The standard InChI is InChI=1S/C22H40O4Si/c1-8-22(9-2,26-27(5,6)7)20(24)25-15-16(3)17-12-13-18-19(23)11-10-14-21(17,18)4/h16-18H,8-15H2,1-7H3/t16-,17-,18+,21-/m1/s1. The maximum absolute atomic E-state index is 13.0. The lowest BCUT2D eigenvalue weighted by molar-refractivity contribution is -0.166. The number of fused-ring (bicyclic) bond motifs is 1. The molecule has 0 aromatic carbocycles. The van der Waals surface area contributed by atoms with Gasteiger partial charge in [0.1, 0.15) is 5.78 Å². The molecule has 0 amide bonds. The van der Waals surface area contributed by atoms with Gasteiger partial charge in [0.15, 0.2) is 13.9 Å². The summed E-state index contributed by atoms with van der Waals surface area (Å²) in [7, 11) is -1.86. The van der Waals surface area contributed by atoms with Crippen LogP contribution in [0.4, 0.5) is 0 Å². The highest BCUT2D eigenvalue weighted by Gasteiger charge is 2.52. The number of carbonyl (C=O) groups excluding carboxylic acids is 2. The Kier molecular flexibility index (Phi) is 7.00. The minimum absolute atomic E-state index is 0.0859. The van der Waals surface area contributed by atoms with E-state index < -0.39 is 13.9 Å². The van der Waals surface area contributed by atoms with Crippen LogP contribution in [0.25, 0.3) is 0 Å². The summed E-state index contributed by atoms with van der Waals surface area (Å²) in [5.74, 6) is 1.19. The predicted molar refractivity (Wildman–Crippen MR) is 111 cm³/mol. The number of rotatable bonds is 8. The van der Waals surface area contributed by atoms with Crippen molar-refractivity contribution in [1.82, 2.24) is 0 Å². The Morgan fingerprint density at radius 1 is 1.26 bits per heavy atom. The van der Waals surface area contributed by atoms with Gasteiger partial charge in [0.25, 0.3) is 0 Å². The molecular weight excluding hydrogens is 356 g/mol. The zero-order valence-electron chi connectivity index (χ0n) is 18.5. The lowest BCUT2D eigenvalue weighted by atomic mass is 9.62. The Morgan fingerprint density at radius 2 is 1.89 bits per heavy atom. The van der Waals surface area contributed by atoms with Gasteiger partial charge in [0.05, 0.1) is 6.61 Å². The maximum Gasteiger partial charge on any atom is 0.337 e. The molecule has 5 heteroatoms. The van der Waals surface area contributed by atoms with Gasteiger partial charge in [0.2, 0.25) is 0 Å². The van der Waals surface area contributed by atoms with Crippen molar-refractivity contribution in [2.24, 2.45) is 23.2 Å². The molecule has 0 spiro atoms. The van der Waals surface area contributed by atoms with Gasteiger partial charge in [-0.25, -0.2) is 4.79 Å². The van der Waals surface area contributed by atoms with Gasteiger partial charge in [0, 0.05) is 12.3 Å². The molecule has 0 N–H and O–H groups in total. The normalized spacial score (nSPS) is 30.1. The first-order chi connectivity index (χ1) is 12.5. The quantitative estimate of drug-likeness (QED) is 0.409. The van der Waals surface area contributed by atoms with Crippen LogP contribution in [0.1, 0.15) is 72.6 Å². The molecule has 0 heterocycles. The average molecular weight is 397 g/mol. The Labute approximate surface area is 166 Å². The number of carbonyl (C=O) groups is 2. The van der Waals surface area contributed by atoms with Crippen molar-refractivity contribution in [2.45, 2.75) is 97.9 Å². The van der Waals surface area contributed by atoms with Gasteiger partial charge < -0.3 is 9.16 Å². The van der Waals surface area contributed by atoms with E-state index in [0.717, 1.165) is 32.1 Å². The van der Waals surface area contributed by atoms with Gasteiger partial charge in [-0.2, -0.15) is 0 Å². The van der Waals surface area contributed by atoms with Crippen molar-refractivity contribution in [2.75, 3.05) is 6.61 Å². The third-order valence-corrected chi connectivity index (χ3v) is 8.12. The summed E-state index contributed by atoms with van der Waals surface area (Å²) in [5, 5.41) is 0. The number of esters is 1. The highest BCUT2D eigenvalue weighted by Crippen LogP contribution is 2.56. The number of ether oxygens (including phenoxy) is 1. The van der Waals surface area contributed by atoms with E-state index >= 15 is 0 Å². The molecule has 0 aliphatic heterocycles. The van der Waals surface area contributed by atoms with Crippen LogP contribution in [0.3, 0.4) is 0 Å². The average Bonchev–Trinajstić information content (AvgIpc) is 2.95. The Bertz CT molecular complexity index is 549. The molecule has 0 aromatic rings. The zero-order valence-corrected chi connectivity index (χ0v) is 19.5. The topological polar surface area (TPSA) is 52.6 Å². The molecule has 2 fully saturated rings. The van der Waals surface area contributed by atoms with E-state index in [1.807, 2.05) is 13.8 Å². The molecule has 0 radical (unpaired) electrons.